The van der Waals surface area contributed by atoms with Crippen LogP contribution in [0.4, 0.5) is 17.5 Å². The normalized spacial score (nSPS) is 22.1. The first-order chi connectivity index (χ1) is 26.6. The number of anilines is 3. The van der Waals surface area contributed by atoms with E-state index in [1.165, 1.54) is 6.33 Å². The van der Waals surface area contributed by atoms with Crippen molar-refractivity contribution in [2.75, 3.05) is 36.4 Å². The quantitative estimate of drug-likeness (QED) is 0.175. The molecule has 17 nitrogen and oxygen atoms in total. The Hall–Kier alpha value is -6.39. The average molecular weight is 746 g/mol. The maximum absolute atomic E-state index is 13.7. The minimum atomic E-state index is -1.000. The lowest BCUT2D eigenvalue weighted by Gasteiger charge is -2.36. The lowest BCUT2D eigenvalue weighted by molar-refractivity contribution is -0.138. The first kappa shape index (κ1) is 34.4. The minimum Gasteiger partial charge on any atom is -0.424 e. The van der Waals surface area contributed by atoms with Crippen LogP contribution in [0.2, 0.25) is 0 Å². The van der Waals surface area contributed by atoms with Gasteiger partial charge in [-0.25, -0.2) is 14.6 Å². The molecular formula is C38H39N11O6. The Kier molecular flexibility index (Phi) is 8.42. The predicted molar refractivity (Wildman–Crippen MR) is 199 cm³/mol. The number of carbonyl (C=O) groups is 5. The Bertz CT molecular complexity index is 2410. The van der Waals surface area contributed by atoms with Crippen molar-refractivity contribution in [1.82, 2.24) is 39.8 Å². The van der Waals surface area contributed by atoms with E-state index >= 15 is 0 Å². The van der Waals surface area contributed by atoms with Gasteiger partial charge in [-0.1, -0.05) is 0 Å². The lowest BCUT2D eigenvalue weighted by Crippen LogP contribution is -2.54. The van der Waals surface area contributed by atoms with E-state index in [0.29, 0.717) is 64.9 Å². The highest BCUT2D eigenvalue weighted by molar-refractivity contribution is 6.23. The zero-order chi connectivity index (χ0) is 38.0. The number of nitrogens with zero attached hydrogens (tertiary/aromatic N) is 7. The molecule has 0 bridgehead atoms. The number of fused-ring (bicyclic) bond motifs is 3. The van der Waals surface area contributed by atoms with Gasteiger partial charge in [0, 0.05) is 43.2 Å². The summed E-state index contributed by atoms with van der Waals surface area (Å²) in [7, 11) is 0. The zero-order valence-corrected chi connectivity index (χ0v) is 29.9. The van der Waals surface area contributed by atoms with Crippen molar-refractivity contribution in [3.8, 4) is 11.3 Å². The first-order valence-electron chi connectivity index (χ1n) is 18.7. The molecule has 1 saturated carbocycles. The monoisotopic (exact) mass is 745 g/mol. The minimum absolute atomic E-state index is 0.0240. The van der Waals surface area contributed by atoms with Crippen molar-refractivity contribution >= 4 is 69.2 Å². The van der Waals surface area contributed by atoms with Gasteiger partial charge >= 0.3 is 0 Å². The number of nitrogen functional groups attached to an aromatic ring is 2. The van der Waals surface area contributed by atoms with E-state index in [1.54, 1.807) is 24.3 Å². The molecule has 2 aromatic carbocycles. The molecule has 55 heavy (non-hydrogen) atoms. The number of rotatable bonds is 7. The van der Waals surface area contributed by atoms with E-state index in [9.17, 15) is 24.0 Å². The topological polar surface area (TPSA) is 238 Å². The highest BCUT2D eigenvalue weighted by Gasteiger charge is 2.44. The summed E-state index contributed by atoms with van der Waals surface area (Å²) in [6.45, 7) is 1.90. The molecule has 6 N–H and O–H groups in total. The molecule has 1 atom stereocenters. The molecule has 2 saturated heterocycles. The molecule has 17 heteroatoms. The van der Waals surface area contributed by atoms with Gasteiger partial charge in [0.15, 0.2) is 11.2 Å². The summed E-state index contributed by atoms with van der Waals surface area (Å²) in [5.74, 6) is -1.25. The van der Waals surface area contributed by atoms with E-state index in [4.69, 9.17) is 21.0 Å². The van der Waals surface area contributed by atoms with Gasteiger partial charge < -0.3 is 26.1 Å². The van der Waals surface area contributed by atoms with Crippen molar-refractivity contribution in [3.05, 3.63) is 53.9 Å². The highest BCUT2D eigenvalue weighted by atomic mass is 16.4. The third-order valence-electron chi connectivity index (χ3n) is 11.5. The summed E-state index contributed by atoms with van der Waals surface area (Å²) < 4.78 is 7.36. The van der Waals surface area contributed by atoms with Crippen LogP contribution in [0.5, 0.6) is 0 Å². The van der Waals surface area contributed by atoms with Crippen LogP contribution < -0.4 is 22.1 Å². The summed E-state index contributed by atoms with van der Waals surface area (Å²) in [5.41, 5.74) is 16.6. The van der Waals surface area contributed by atoms with E-state index in [-0.39, 0.29) is 47.9 Å². The second-order valence-corrected chi connectivity index (χ2v) is 14.8. The van der Waals surface area contributed by atoms with Gasteiger partial charge in [-0.3, -0.25) is 34.2 Å². The largest absolute Gasteiger partial charge is 0.424 e. The number of likely N-dealkylation sites (tertiary alicyclic amines) is 1. The fourth-order valence-corrected chi connectivity index (χ4v) is 8.59. The number of aromatic nitrogens is 5. The van der Waals surface area contributed by atoms with Crippen LogP contribution in [0.1, 0.15) is 78.1 Å². The Morgan fingerprint density at radius 2 is 1.69 bits per heavy atom. The highest BCUT2D eigenvalue weighted by Crippen LogP contribution is 2.37. The van der Waals surface area contributed by atoms with E-state index in [2.05, 4.69) is 25.6 Å². The molecule has 1 aliphatic carbocycles. The Morgan fingerprint density at radius 3 is 2.47 bits per heavy atom. The average Bonchev–Trinajstić information content (AvgIpc) is 3.85. The molecule has 3 aliphatic heterocycles. The van der Waals surface area contributed by atoms with Crippen LogP contribution in [0, 0.1) is 11.8 Å². The third-order valence-corrected chi connectivity index (χ3v) is 11.5. The Balaban J connectivity index is 0.792. The molecule has 5 aromatic rings. The number of piperidine rings is 2. The number of amides is 5. The predicted octanol–water partition coefficient (Wildman–Crippen LogP) is 3.28. The summed E-state index contributed by atoms with van der Waals surface area (Å²) in [6.07, 6.45) is 6.46. The first-order valence-corrected chi connectivity index (χ1v) is 18.7. The van der Waals surface area contributed by atoms with Crippen molar-refractivity contribution in [2.45, 2.75) is 63.5 Å². The van der Waals surface area contributed by atoms with E-state index in [1.807, 2.05) is 21.7 Å². The van der Waals surface area contributed by atoms with Crippen molar-refractivity contribution in [2.24, 2.45) is 11.8 Å². The van der Waals surface area contributed by atoms with Crippen LogP contribution in [0.15, 0.2) is 47.1 Å². The van der Waals surface area contributed by atoms with Crippen LogP contribution in [-0.4, -0.2) is 89.7 Å². The molecule has 3 aromatic heterocycles. The van der Waals surface area contributed by atoms with E-state index in [0.717, 1.165) is 49.0 Å². The molecule has 0 spiro atoms. The molecule has 5 amide bonds. The second kappa shape index (κ2) is 13.5. The van der Waals surface area contributed by atoms with Crippen LogP contribution in [-0.2, 0) is 14.4 Å². The summed E-state index contributed by atoms with van der Waals surface area (Å²) >= 11 is 0. The lowest BCUT2D eigenvalue weighted by atomic mass is 9.81. The van der Waals surface area contributed by atoms with Crippen LogP contribution in [0.25, 0.3) is 33.4 Å². The molecule has 9 rings (SSSR count). The van der Waals surface area contributed by atoms with E-state index < -0.39 is 29.7 Å². The maximum atomic E-state index is 13.7. The number of benzene rings is 2. The van der Waals surface area contributed by atoms with Crippen LogP contribution >= 0.6 is 0 Å². The third kappa shape index (κ3) is 6.08. The molecule has 0 radical (unpaired) electrons. The second-order valence-electron chi connectivity index (χ2n) is 14.8. The van der Waals surface area contributed by atoms with Gasteiger partial charge in [0.1, 0.15) is 29.4 Å². The van der Waals surface area contributed by atoms with Gasteiger partial charge in [0.05, 0.1) is 22.6 Å². The van der Waals surface area contributed by atoms with Crippen molar-refractivity contribution in [3.63, 3.8) is 0 Å². The van der Waals surface area contributed by atoms with Crippen molar-refractivity contribution in [1.29, 1.82) is 0 Å². The fraction of sp³-hybridized carbons (Fsp3) is 0.395. The SMILES string of the molecule is Nc1nc2cc(-c3nn(C4CCN(C(=O)C5CCC(CNc6ccc7c(c6)C(=O)N(C6CCC(=O)NC6=O)C7=O)CC5)CC4)c4ncnc(N)c34)ccc2o1. The Labute approximate surface area is 313 Å². The summed E-state index contributed by atoms with van der Waals surface area (Å²) in [4.78, 5) is 79.9. The number of oxazole rings is 1. The molecule has 3 fully saturated rings. The molecular weight excluding hydrogens is 706 g/mol. The molecule has 4 aliphatic rings. The van der Waals surface area contributed by atoms with Crippen molar-refractivity contribution < 1.29 is 28.4 Å². The number of nitrogens with one attached hydrogen (secondary N) is 2. The smallest absolute Gasteiger partial charge is 0.292 e. The number of hydrogen-bond donors (Lipinski definition) is 4. The molecule has 1 unspecified atom stereocenters. The zero-order valence-electron chi connectivity index (χ0n) is 29.9. The Morgan fingerprint density at radius 1 is 0.909 bits per heavy atom. The summed E-state index contributed by atoms with van der Waals surface area (Å²) in [6, 6.07) is 9.69. The molecule has 6 heterocycles. The standard InChI is InChI=1S/C38H39N11O6/c39-32-30-31(21-5-9-28-26(15-21)44-38(40)55-28)46-49(33(30)43-18-42-32)23-11-13-47(14-12-23)35(52)20-3-1-19(2-4-20)17-41-22-6-7-24-25(16-22)37(54)48(36(24)53)27-8-10-29(50)45-34(27)51/h5-7,9,15-16,18-20,23,27,41H,1-4,8,10-14,17H2,(H2,40,44)(H2,39,42,43)(H,45,50,51). The number of imide groups is 2. The van der Waals surface area contributed by atoms with Gasteiger partial charge in [-0.05, 0) is 87.3 Å². The maximum Gasteiger partial charge on any atom is 0.292 e. The van der Waals surface area contributed by atoms with Gasteiger partial charge in [0.2, 0.25) is 17.7 Å². The number of hydrogen-bond acceptors (Lipinski definition) is 13. The van der Waals surface area contributed by atoms with Crippen LogP contribution in [0.3, 0.4) is 0 Å². The summed E-state index contributed by atoms with van der Waals surface area (Å²) in [5, 5.41) is 11.3. The van der Waals surface area contributed by atoms with Gasteiger partial charge in [0.25, 0.3) is 17.8 Å². The number of carbonyl (C=O) groups excluding carboxylic acids is 5. The van der Waals surface area contributed by atoms with Gasteiger partial charge in [-0.15, -0.1) is 0 Å². The number of nitrogens with two attached hydrogens (primary N) is 2. The van der Waals surface area contributed by atoms with Gasteiger partial charge in [-0.2, -0.15) is 10.1 Å². The molecule has 282 valence electrons. The fourth-order valence-electron chi connectivity index (χ4n) is 8.59.